The third-order valence-corrected chi connectivity index (χ3v) is 6.57. The van der Waals surface area contributed by atoms with Crippen molar-refractivity contribution in [2.75, 3.05) is 10.6 Å². The molecule has 3 aromatic carbocycles. The van der Waals surface area contributed by atoms with Crippen LogP contribution in [0.25, 0.3) is 0 Å². The van der Waals surface area contributed by atoms with E-state index in [1.165, 1.54) is 5.56 Å². The largest absolute Gasteiger partial charge is 0.364 e. The smallest absolute Gasteiger partial charge is 0.255 e. The minimum Gasteiger partial charge on any atom is -0.364 e. The zero-order valence-electron chi connectivity index (χ0n) is 16.7. The van der Waals surface area contributed by atoms with Crippen molar-refractivity contribution in [3.05, 3.63) is 89.5 Å². The lowest BCUT2D eigenvalue weighted by Gasteiger charge is -2.28. The molecular formula is C23H23N3O3S. The van der Waals surface area contributed by atoms with Crippen LogP contribution in [0, 0.1) is 0 Å². The van der Waals surface area contributed by atoms with Gasteiger partial charge in [-0.3, -0.25) is 4.79 Å². The molecule has 7 heteroatoms. The Morgan fingerprint density at radius 2 is 1.60 bits per heavy atom. The van der Waals surface area contributed by atoms with E-state index in [4.69, 9.17) is 0 Å². The second-order valence-corrected chi connectivity index (χ2v) is 9.23. The number of anilines is 2. The maximum atomic E-state index is 12.5. The molecule has 0 radical (unpaired) electrons. The molecule has 4 rings (SSSR count). The molecule has 1 heterocycles. The monoisotopic (exact) mass is 421 g/mol. The predicted molar refractivity (Wildman–Crippen MR) is 118 cm³/mol. The summed E-state index contributed by atoms with van der Waals surface area (Å²) in [4.78, 5) is 12.8. The van der Waals surface area contributed by atoms with Crippen LogP contribution in [0.3, 0.4) is 0 Å². The molecule has 1 aliphatic heterocycles. The van der Waals surface area contributed by atoms with Gasteiger partial charge in [0.1, 0.15) is 11.1 Å². The third-order valence-electron chi connectivity index (χ3n) is 5.09. The van der Waals surface area contributed by atoms with Crippen LogP contribution < -0.4 is 15.4 Å². The van der Waals surface area contributed by atoms with Crippen molar-refractivity contribution in [3.63, 3.8) is 0 Å². The van der Waals surface area contributed by atoms with Crippen LogP contribution in [0.2, 0.25) is 0 Å². The van der Waals surface area contributed by atoms with Crippen molar-refractivity contribution in [1.29, 1.82) is 0 Å². The van der Waals surface area contributed by atoms with E-state index in [0.717, 1.165) is 5.69 Å². The molecular weight excluding hydrogens is 398 g/mol. The van der Waals surface area contributed by atoms with Crippen LogP contribution in [0.4, 0.5) is 11.4 Å². The average molecular weight is 422 g/mol. The molecule has 0 saturated carbocycles. The average Bonchev–Trinajstić information content (AvgIpc) is 2.74. The zero-order valence-corrected chi connectivity index (χ0v) is 17.5. The van der Waals surface area contributed by atoms with Gasteiger partial charge in [-0.15, -0.1) is 0 Å². The predicted octanol–water partition coefficient (Wildman–Crippen LogP) is 4.46. The summed E-state index contributed by atoms with van der Waals surface area (Å²) in [6.45, 7) is 4.24. The number of nitrogens with one attached hydrogen (secondary N) is 3. The first-order chi connectivity index (χ1) is 14.3. The number of carbonyl (C=O) groups excluding carboxylic acids is 1. The Labute approximate surface area is 176 Å². The van der Waals surface area contributed by atoms with Crippen molar-refractivity contribution < 1.29 is 13.2 Å². The van der Waals surface area contributed by atoms with Crippen LogP contribution in [0.15, 0.2) is 77.7 Å². The molecule has 0 unspecified atom stereocenters. The van der Waals surface area contributed by atoms with Gasteiger partial charge in [0.25, 0.3) is 5.91 Å². The lowest BCUT2D eigenvalue weighted by Crippen LogP contribution is -2.38. The lowest BCUT2D eigenvalue weighted by atomic mass is 10.0. The van der Waals surface area contributed by atoms with Crippen LogP contribution in [-0.4, -0.2) is 14.3 Å². The number of sulfonamides is 1. The first-order valence-electron chi connectivity index (χ1n) is 9.73. The minimum atomic E-state index is -3.61. The lowest BCUT2D eigenvalue weighted by molar-refractivity contribution is 0.102. The summed E-state index contributed by atoms with van der Waals surface area (Å²) >= 11 is 0. The molecule has 30 heavy (non-hydrogen) atoms. The highest BCUT2D eigenvalue weighted by molar-refractivity contribution is 7.89. The van der Waals surface area contributed by atoms with Gasteiger partial charge < -0.3 is 10.6 Å². The number of para-hydroxylation sites is 1. The Morgan fingerprint density at radius 1 is 0.933 bits per heavy atom. The Kier molecular flexibility index (Phi) is 5.32. The summed E-state index contributed by atoms with van der Waals surface area (Å²) in [5.41, 5.74) is 3.69. The molecule has 1 aliphatic rings. The Morgan fingerprint density at radius 3 is 2.27 bits per heavy atom. The molecule has 0 aromatic heterocycles. The fourth-order valence-corrected chi connectivity index (χ4v) is 4.66. The van der Waals surface area contributed by atoms with E-state index >= 15 is 0 Å². The molecule has 1 amide bonds. The van der Waals surface area contributed by atoms with Crippen molar-refractivity contribution in [3.8, 4) is 0 Å². The highest BCUT2D eigenvalue weighted by Gasteiger charge is 2.29. The molecule has 0 spiro atoms. The summed E-state index contributed by atoms with van der Waals surface area (Å²) in [5.74, 6) is 0.210. The Balaban J connectivity index is 1.48. The van der Waals surface area contributed by atoms with Gasteiger partial charge in [0.15, 0.2) is 0 Å². The normalized spacial score (nSPS) is 17.1. The van der Waals surface area contributed by atoms with Gasteiger partial charge in [0.05, 0.1) is 5.69 Å². The van der Waals surface area contributed by atoms with Crippen LogP contribution >= 0.6 is 0 Å². The first-order valence-corrected chi connectivity index (χ1v) is 11.2. The molecule has 0 bridgehead atoms. The number of carbonyl (C=O) groups is 1. The second kappa shape index (κ2) is 7.93. The van der Waals surface area contributed by atoms with Gasteiger partial charge in [0.2, 0.25) is 10.0 Å². The van der Waals surface area contributed by atoms with Crippen LogP contribution in [0.5, 0.6) is 0 Å². The van der Waals surface area contributed by atoms with E-state index in [1.807, 2.05) is 24.3 Å². The SMILES string of the molecule is CC(C)c1ccc(NC(=O)c2ccc([C@@H]3Nc4ccccc4S(=O)(=O)N3)cc2)cc1. The summed E-state index contributed by atoms with van der Waals surface area (Å²) in [5, 5.41) is 6.06. The first kappa shape index (κ1) is 20.1. The number of benzene rings is 3. The molecule has 3 aromatic rings. The second-order valence-electron chi connectivity index (χ2n) is 7.55. The van der Waals surface area contributed by atoms with Crippen LogP contribution in [-0.2, 0) is 10.0 Å². The third kappa shape index (κ3) is 4.08. The van der Waals surface area contributed by atoms with Crippen LogP contribution in [0.1, 0.15) is 47.4 Å². The van der Waals surface area contributed by atoms with E-state index in [1.54, 1.807) is 48.5 Å². The summed E-state index contributed by atoms with van der Waals surface area (Å²) in [6, 6.07) is 21.4. The van der Waals surface area contributed by atoms with E-state index in [9.17, 15) is 13.2 Å². The Hall–Kier alpha value is -3.16. The van der Waals surface area contributed by atoms with Crippen molar-refractivity contribution in [2.45, 2.75) is 30.8 Å². The number of fused-ring (bicyclic) bond motifs is 1. The maximum absolute atomic E-state index is 12.5. The van der Waals surface area contributed by atoms with Crippen molar-refractivity contribution in [2.24, 2.45) is 0 Å². The molecule has 0 fully saturated rings. The molecule has 0 aliphatic carbocycles. The zero-order chi connectivity index (χ0) is 21.3. The van der Waals surface area contributed by atoms with Crippen molar-refractivity contribution >= 4 is 27.3 Å². The highest BCUT2D eigenvalue weighted by Crippen LogP contribution is 2.30. The minimum absolute atomic E-state index is 0.221. The van der Waals surface area contributed by atoms with Crippen molar-refractivity contribution in [1.82, 2.24) is 4.72 Å². The number of hydrogen-bond donors (Lipinski definition) is 3. The summed E-state index contributed by atoms with van der Waals surface area (Å²) in [6.07, 6.45) is -0.606. The van der Waals surface area contributed by atoms with E-state index < -0.39 is 16.2 Å². The van der Waals surface area contributed by atoms with E-state index in [-0.39, 0.29) is 10.8 Å². The molecule has 154 valence electrons. The Bertz CT molecular complexity index is 1170. The molecule has 3 N–H and O–H groups in total. The van der Waals surface area contributed by atoms with E-state index in [2.05, 4.69) is 29.2 Å². The molecule has 6 nitrogen and oxygen atoms in total. The van der Waals surface area contributed by atoms with Gasteiger partial charge in [-0.05, 0) is 53.4 Å². The van der Waals surface area contributed by atoms with E-state index in [0.29, 0.717) is 22.7 Å². The molecule has 1 atom stereocenters. The quantitative estimate of drug-likeness (QED) is 0.580. The number of rotatable bonds is 4. The summed E-state index contributed by atoms with van der Waals surface area (Å²) < 4.78 is 27.6. The topological polar surface area (TPSA) is 87.3 Å². The number of hydrogen-bond acceptors (Lipinski definition) is 4. The van der Waals surface area contributed by atoms with Gasteiger partial charge in [-0.1, -0.05) is 50.2 Å². The fraction of sp³-hybridized carbons (Fsp3) is 0.174. The van der Waals surface area contributed by atoms with Gasteiger partial charge in [0, 0.05) is 11.3 Å². The molecule has 0 saturated heterocycles. The summed E-state index contributed by atoms with van der Waals surface area (Å²) in [7, 11) is -3.61. The number of amides is 1. The highest BCUT2D eigenvalue weighted by atomic mass is 32.2. The standard InChI is InChI=1S/C23H23N3O3S/c1-15(2)16-11-13-19(14-12-16)24-23(27)18-9-7-17(8-10-18)22-25-20-5-3-4-6-21(20)30(28,29)26-22/h3-15,22,25-26H,1-2H3,(H,24,27)/t22-/m1/s1. The van der Waals surface area contributed by atoms with Gasteiger partial charge >= 0.3 is 0 Å². The van der Waals surface area contributed by atoms with Gasteiger partial charge in [-0.2, -0.15) is 4.72 Å². The fourth-order valence-electron chi connectivity index (χ4n) is 3.36. The van der Waals surface area contributed by atoms with Gasteiger partial charge in [-0.25, -0.2) is 8.42 Å². The maximum Gasteiger partial charge on any atom is 0.255 e.